The Labute approximate surface area is 103 Å². The molecule has 0 aliphatic rings. The van der Waals surface area contributed by atoms with Gasteiger partial charge in [-0.2, -0.15) is 0 Å². The van der Waals surface area contributed by atoms with Gasteiger partial charge >= 0.3 is 0 Å². The molecule has 1 aromatic heterocycles. The first-order valence-electron chi connectivity index (χ1n) is 5.10. The summed E-state index contributed by atoms with van der Waals surface area (Å²) in [5.74, 6) is -0.259. The van der Waals surface area contributed by atoms with Crippen molar-refractivity contribution >= 4 is 17.4 Å². The monoisotopic (exact) mass is 252 g/mol. The van der Waals surface area contributed by atoms with Gasteiger partial charge in [0, 0.05) is 6.42 Å². The molecule has 2 nitrogen and oxygen atoms in total. The third kappa shape index (κ3) is 2.74. The summed E-state index contributed by atoms with van der Waals surface area (Å²) < 4.78 is 17.9. The molecule has 0 fully saturated rings. The van der Waals surface area contributed by atoms with Gasteiger partial charge in [-0.15, -0.1) is 0 Å². The number of aryl methyl sites for hydroxylation is 1. The Hall–Kier alpha value is -1.61. The van der Waals surface area contributed by atoms with Gasteiger partial charge in [-0.05, 0) is 53.9 Å². The number of ketones is 1. The summed E-state index contributed by atoms with van der Waals surface area (Å²) in [5, 5.41) is 0.184. The molecule has 0 atom stereocenters. The van der Waals surface area contributed by atoms with Crippen LogP contribution in [0.3, 0.4) is 0 Å². The largest absolute Gasteiger partial charge is 0.442 e. The average molecular weight is 253 g/mol. The maximum Gasteiger partial charge on any atom is 0.202 e. The van der Waals surface area contributed by atoms with Crippen molar-refractivity contribution in [2.75, 3.05) is 0 Å². The Balaban J connectivity index is 2.18. The summed E-state index contributed by atoms with van der Waals surface area (Å²) in [4.78, 5) is 11.8. The maximum atomic E-state index is 12.9. The molecule has 0 aliphatic heterocycles. The van der Waals surface area contributed by atoms with Crippen LogP contribution in [0.15, 0.2) is 34.7 Å². The van der Waals surface area contributed by atoms with E-state index in [1.807, 2.05) is 0 Å². The van der Waals surface area contributed by atoms with E-state index in [9.17, 15) is 9.18 Å². The zero-order chi connectivity index (χ0) is 12.4. The molecule has 2 rings (SSSR count). The molecule has 0 amide bonds. The van der Waals surface area contributed by atoms with E-state index in [1.54, 1.807) is 13.0 Å². The van der Waals surface area contributed by atoms with Crippen LogP contribution >= 0.6 is 11.6 Å². The number of hydrogen-bond donors (Lipinski definition) is 0. The van der Waals surface area contributed by atoms with Crippen LogP contribution in [-0.4, -0.2) is 5.78 Å². The second kappa shape index (κ2) is 4.72. The Morgan fingerprint density at radius 2 is 2.12 bits per heavy atom. The Bertz CT molecular complexity index is 560. The lowest BCUT2D eigenvalue weighted by Crippen LogP contribution is -2.03. The van der Waals surface area contributed by atoms with Crippen LogP contribution in [0.5, 0.6) is 0 Å². The van der Waals surface area contributed by atoms with Gasteiger partial charge < -0.3 is 4.42 Å². The fourth-order valence-corrected chi connectivity index (χ4v) is 1.73. The van der Waals surface area contributed by atoms with Crippen molar-refractivity contribution < 1.29 is 13.6 Å². The first kappa shape index (κ1) is 11.9. The van der Waals surface area contributed by atoms with Gasteiger partial charge in [0.05, 0.1) is 0 Å². The van der Waals surface area contributed by atoms with Crippen molar-refractivity contribution in [2.45, 2.75) is 13.3 Å². The number of carbonyl (C=O) groups excluding carboxylic acids is 1. The van der Waals surface area contributed by atoms with Crippen LogP contribution in [-0.2, 0) is 6.42 Å². The highest BCUT2D eigenvalue weighted by Gasteiger charge is 2.12. The highest BCUT2D eigenvalue weighted by Crippen LogP contribution is 2.17. The number of Topliss-reactive ketones (excluding diaryl/α,β-unsaturated/α-hetero) is 1. The van der Waals surface area contributed by atoms with Gasteiger partial charge in [0.15, 0.2) is 11.0 Å². The quantitative estimate of drug-likeness (QED) is 0.778. The molecule has 0 saturated carbocycles. The Morgan fingerprint density at radius 1 is 1.35 bits per heavy atom. The van der Waals surface area contributed by atoms with Crippen LogP contribution in [0.4, 0.5) is 4.39 Å². The van der Waals surface area contributed by atoms with Crippen LogP contribution in [0.2, 0.25) is 5.22 Å². The van der Waals surface area contributed by atoms with Gasteiger partial charge in [-0.1, -0.05) is 6.07 Å². The minimum absolute atomic E-state index is 0.174. The normalized spacial score (nSPS) is 10.5. The minimum atomic E-state index is -0.306. The molecular weight excluding hydrogens is 243 g/mol. The predicted molar refractivity (Wildman–Crippen MR) is 62.9 cm³/mol. The SMILES string of the molecule is Cc1cc(F)ccc1CC(=O)c1ccc(Cl)o1. The number of rotatable bonds is 3. The zero-order valence-electron chi connectivity index (χ0n) is 9.17. The summed E-state index contributed by atoms with van der Waals surface area (Å²) in [6.07, 6.45) is 0.177. The van der Waals surface area contributed by atoms with E-state index in [1.165, 1.54) is 24.3 Å². The first-order valence-corrected chi connectivity index (χ1v) is 5.47. The van der Waals surface area contributed by atoms with Crippen LogP contribution in [0.1, 0.15) is 21.7 Å². The summed E-state index contributed by atoms with van der Waals surface area (Å²) in [6.45, 7) is 1.76. The fraction of sp³-hybridized carbons (Fsp3) is 0.154. The number of furan rings is 1. The molecule has 88 valence electrons. The second-order valence-electron chi connectivity index (χ2n) is 3.77. The molecule has 4 heteroatoms. The van der Waals surface area contributed by atoms with E-state index >= 15 is 0 Å². The second-order valence-corrected chi connectivity index (χ2v) is 4.15. The lowest BCUT2D eigenvalue weighted by molar-refractivity contribution is 0.0966. The van der Waals surface area contributed by atoms with Crippen molar-refractivity contribution in [3.8, 4) is 0 Å². The van der Waals surface area contributed by atoms with Gasteiger partial charge in [-0.3, -0.25) is 4.79 Å². The third-order valence-corrected chi connectivity index (χ3v) is 2.71. The molecule has 0 N–H and O–H groups in total. The molecule has 1 aromatic carbocycles. The Kier molecular flexibility index (Phi) is 3.29. The van der Waals surface area contributed by atoms with Crippen molar-refractivity contribution in [3.05, 3.63) is 58.3 Å². The third-order valence-electron chi connectivity index (χ3n) is 2.50. The van der Waals surface area contributed by atoms with Crippen LogP contribution in [0, 0.1) is 12.7 Å². The van der Waals surface area contributed by atoms with E-state index in [-0.39, 0.29) is 29.0 Å². The number of benzene rings is 1. The van der Waals surface area contributed by atoms with Gasteiger partial charge in [0.2, 0.25) is 5.78 Å². The van der Waals surface area contributed by atoms with Crippen molar-refractivity contribution in [3.63, 3.8) is 0 Å². The molecule has 0 unspecified atom stereocenters. The molecule has 0 bridgehead atoms. The molecule has 2 aromatic rings. The van der Waals surface area contributed by atoms with Gasteiger partial charge in [0.25, 0.3) is 0 Å². The van der Waals surface area contributed by atoms with E-state index in [2.05, 4.69) is 0 Å². The molecule has 0 saturated heterocycles. The van der Waals surface area contributed by atoms with Crippen molar-refractivity contribution in [2.24, 2.45) is 0 Å². The molecule has 0 aliphatic carbocycles. The zero-order valence-corrected chi connectivity index (χ0v) is 9.92. The van der Waals surface area contributed by atoms with Crippen molar-refractivity contribution in [1.29, 1.82) is 0 Å². The van der Waals surface area contributed by atoms with E-state index < -0.39 is 0 Å². The number of hydrogen-bond acceptors (Lipinski definition) is 2. The van der Waals surface area contributed by atoms with Crippen molar-refractivity contribution in [1.82, 2.24) is 0 Å². The number of carbonyl (C=O) groups is 1. The Morgan fingerprint density at radius 3 is 2.71 bits per heavy atom. The highest BCUT2D eigenvalue weighted by atomic mass is 35.5. The highest BCUT2D eigenvalue weighted by molar-refractivity contribution is 6.29. The average Bonchev–Trinajstić information content (AvgIpc) is 2.69. The topological polar surface area (TPSA) is 30.2 Å². The molecular formula is C13H10ClFO2. The van der Waals surface area contributed by atoms with E-state index in [4.69, 9.17) is 16.0 Å². The standard InChI is InChI=1S/C13H10ClFO2/c1-8-6-10(15)3-2-9(8)7-11(16)12-4-5-13(14)17-12/h2-6H,7H2,1H3. The maximum absolute atomic E-state index is 12.9. The summed E-state index contributed by atoms with van der Waals surface area (Å²) in [5.41, 5.74) is 1.53. The minimum Gasteiger partial charge on any atom is -0.442 e. The predicted octanol–water partition coefficient (Wildman–Crippen LogP) is 3.81. The first-order chi connectivity index (χ1) is 8.06. The van der Waals surface area contributed by atoms with Crippen LogP contribution in [0.25, 0.3) is 0 Å². The lowest BCUT2D eigenvalue weighted by atomic mass is 10.0. The summed E-state index contributed by atoms with van der Waals surface area (Å²) in [7, 11) is 0. The molecule has 0 spiro atoms. The summed E-state index contributed by atoms with van der Waals surface area (Å²) in [6, 6.07) is 7.39. The van der Waals surface area contributed by atoms with Gasteiger partial charge in [0.1, 0.15) is 5.82 Å². The number of halogens is 2. The van der Waals surface area contributed by atoms with E-state index in [0.717, 1.165) is 11.1 Å². The lowest BCUT2D eigenvalue weighted by Gasteiger charge is -2.03. The molecule has 0 radical (unpaired) electrons. The fourth-order valence-electron chi connectivity index (χ4n) is 1.58. The molecule has 1 heterocycles. The van der Waals surface area contributed by atoms with Gasteiger partial charge in [-0.25, -0.2) is 4.39 Å². The smallest absolute Gasteiger partial charge is 0.202 e. The summed E-state index contributed by atoms with van der Waals surface area (Å²) >= 11 is 5.59. The van der Waals surface area contributed by atoms with Crippen LogP contribution < -0.4 is 0 Å². The molecule has 17 heavy (non-hydrogen) atoms. The van der Waals surface area contributed by atoms with E-state index in [0.29, 0.717) is 0 Å².